The first-order valence-electron chi connectivity index (χ1n) is 7.85. The molecule has 2 heterocycles. The van der Waals surface area contributed by atoms with Crippen molar-refractivity contribution in [3.63, 3.8) is 0 Å². The Bertz CT molecular complexity index is 648. The normalized spacial score (nSPS) is 23.7. The van der Waals surface area contributed by atoms with E-state index in [2.05, 4.69) is 15.3 Å². The Morgan fingerprint density at radius 3 is 2.83 bits per heavy atom. The second-order valence-corrected chi connectivity index (χ2v) is 8.16. The van der Waals surface area contributed by atoms with E-state index in [1.54, 1.807) is 6.20 Å². The highest BCUT2D eigenvalue weighted by atomic mass is 32.2. The molecule has 0 unspecified atom stereocenters. The third-order valence-electron chi connectivity index (χ3n) is 4.27. The van der Waals surface area contributed by atoms with Crippen LogP contribution in [-0.4, -0.2) is 66.9 Å². The van der Waals surface area contributed by atoms with Gasteiger partial charge in [-0.15, -0.1) is 0 Å². The van der Waals surface area contributed by atoms with Crippen LogP contribution in [0.1, 0.15) is 31.1 Å². The summed E-state index contributed by atoms with van der Waals surface area (Å²) in [6.45, 7) is 0.943. The molecule has 0 spiro atoms. The van der Waals surface area contributed by atoms with E-state index in [0.717, 1.165) is 18.7 Å². The average molecular weight is 341 g/mol. The van der Waals surface area contributed by atoms with Crippen molar-refractivity contribution in [1.82, 2.24) is 18.6 Å². The zero-order chi connectivity index (χ0) is 16.4. The molecule has 8 nitrogen and oxygen atoms in total. The number of nitrogens with zero attached hydrogens (tertiary/aromatic N) is 4. The summed E-state index contributed by atoms with van der Waals surface area (Å²) < 4.78 is 33.1. The summed E-state index contributed by atoms with van der Waals surface area (Å²) >= 11 is 0. The lowest BCUT2D eigenvalue weighted by atomic mass is 9.93. The standard InChI is InChI=1S/C14H23N5O3S/c1-18(2)23(20,21)19-8-9-22-10-12(19)14-15-7-6-13(17-14)16-11-4-3-5-11/h6-7,11-12H,3-5,8-10H2,1-2H3,(H,15,16,17)/t12-/m0/s1. The largest absolute Gasteiger partial charge is 0.378 e. The second kappa shape index (κ2) is 6.68. The molecule has 2 aliphatic rings. The van der Waals surface area contributed by atoms with Gasteiger partial charge in [0.2, 0.25) is 0 Å². The highest BCUT2D eigenvalue weighted by Crippen LogP contribution is 2.27. The predicted molar refractivity (Wildman–Crippen MR) is 86.2 cm³/mol. The van der Waals surface area contributed by atoms with Crippen LogP contribution in [0.25, 0.3) is 0 Å². The molecule has 1 saturated heterocycles. The summed E-state index contributed by atoms with van der Waals surface area (Å²) in [7, 11) is -0.490. The molecule has 0 bridgehead atoms. The molecule has 1 aromatic rings. The fourth-order valence-corrected chi connectivity index (χ4v) is 3.86. The Morgan fingerprint density at radius 1 is 1.39 bits per heavy atom. The van der Waals surface area contributed by atoms with Gasteiger partial charge in [0.05, 0.1) is 13.2 Å². The van der Waals surface area contributed by atoms with Gasteiger partial charge in [0, 0.05) is 32.9 Å². The molecule has 3 rings (SSSR count). The molecule has 23 heavy (non-hydrogen) atoms. The number of morpholine rings is 1. The maximum absolute atomic E-state index is 12.5. The quantitative estimate of drug-likeness (QED) is 0.845. The molecule has 1 atom stereocenters. The van der Waals surface area contributed by atoms with Crippen molar-refractivity contribution in [1.29, 1.82) is 0 Å². The topological polar surface area (TPSA) is 87.7 Å². The molecule has 0 amide bonds. The fraction of sp³-hybridized carbons (Fsp3) is 0.714. The Kier molecular flexibility index (Phi) is 4.81. The van der Waals surface area contributed by atoms with Gasteiger partial charge in [-0.05, 0) is 25.3 Å². The number of rotatable bonds is 5. The minimum Gasteiger partial charge on any atom is -0.378 e. The number of hydrogen-bond acceptors (Lipinski definition) is 6. The third kappa shape index (κ3) is 3.47. The summed E-state index contributed by atoms with van der Waals surface area (Å²) in [5, 5.41) is 3.36. The fourth-order valence-electron chi connectivity index (χ4n) is 2.65. The molecule has 1 aliphatic carbocycles. The molecule has 1 N–H and O–H groups in total. The lowest BCUT2D eigenvalue weighted by Gasteiger charge is -2.35. The summed E-state index contributed by atoms with van der Waals surface area (Å²) in [6, 6.07) is 1.78. The minimum atomic E-state index is -3.54. The second-order valence-electron chi connectivity index (χ2n) is 6.06. The van der Waals surface area contributed by atoms with E-state index in [1.165, 1.54) is 29.1 Å². The van der Waals surface area contributed by atoms with Crippen LogP contribution in [0.5, 0.6) is 0 Å². The van der Waals surface area contributed by atoms with E-state index in [9.17, 15) is 8.42 Å². The van der Waals surface area contributed by atoms with Crippen LogP contribution in [0.15, 0.2) is 12.3 Å². The zero-order valence-corrected chi connectivity index (χ0v) is 14.3. The van der Waals surface area contributed by atoms with Crippen molar-refractivity contribution >= 4 is 16.0 Å². The smallest absolute Gasteiger partial charge is 0.282 e. The van der Waals surface area contributed by atoms with E-state index in [-0.39, 0.29) is 6.61 Å². The number of aromatic nitrogens is 2. The van der Waals surface area contributed by atoms with Crippen LogP contribution in [0.3, 0.4) is 0 Å². The first kappa shape index (κ1) is 16.6. The zero-order valence-electron chi connectivity index (χ0n) is 13.5. The average Bonchev–Trinajstić information content (AvgIpc) is 2.51. The van der Waals surface area contributed by atoms with Crippen LogP contribution in [0.4, 0.5) is 5.82 Å². The first-order valence-corrected chi connectivity index (χ1v) is 9.24. The van der Waals surface area contributed by atoms with Crippen molar-refractivity contribution in [2.75, 3.05) is 39.2 Å². The maximum atomic E-state index is 12.5. The lowest BCUT2D eigenvalue weighted by Crippen LogP contribution is -2.48. The van der Waals surface area contributed by atoms with Crippen molar-refractivity contribution in [3.8, 4) is 0 Å². The third-order valence-corrected chi connectivity index (χ3v) is 6.22. The van der Waals surface area contributed by atoms with E-state index in [4.69, 9.17) is 4.74 Å². The van der Waals surface area contributed by atoms with Gasteiger partial charge in [-0.1, -0.05) is 0 Å². The minimum absolute atomic E-state index is 0.264. The van der Waals surface area contributed by atoms with Crippen LogP contribution >= 0.6 is 0 Å². The molecule has 2 fully saturated rings. The van der Waals surface area contributed by atoms with Gasteiger partial charge < -0.3 is 10.1 Å². The molecule has 1 aromatic heterocycles. The monoisotopic (exact) mass is 341 g/mol. The van der Waals surface area contributed by atoms with Gasteiger partial charge >= 0.3 is 0 Å². The van der Waals surface area contributed by atoms with Crippen LogP contribution in [0.2, 0.25) is 0 Å². The molecule has 9 heteroatoms. The molecule has 0 radical (unpaired) electrons. The first-order chi connectivity index (χ1) is 11.0. The van der Waals surface area contributed by atoms with Crippen molar-refractivity contribution < 1.29 is 13.2 Å². The van der Waals surface area contributed by atoms with Crippen LogP contribution in [0, 0.1) is 0 Å². The summed E-state index contributed by atoms with van der Waals surface area (Å²) in [5.74, 6) is 1.21. The Hall–Kier alpha value is -1.29. The molecule has 1 saturated carbocycles. The summed E-state index contributed by atoms with van der Waals surface area (Å²) in [4.78, 5) is 8.80. The Labute approximate surface area is 137 Å². The van der Waals surface area contributed by atoms with Gasteiger partial charge in [-0.2, -0.15) is 17.0 Å². The van der Waals surface area contributed by atoms with E-state index in [0.29, 0.717) is 25.0 Å². The highest BCUT2D eigenvalue weighted by Gasteiger charge is 2.37. The van der Waals surface area contributed by atoms with Gasteiger partial charge in [0.1, 0.15) is 11.9 Å². The molecule has 0 aromatic carbocycles. The SMILES string of the molecule is CN(C)S(=O)(=O)N1CCOC[C@H]1c1nccc(NC2CCC2)n1. The highest BCUT2D eigenvalue weighted by molar-refractivity contribution is 7.86. The summed E-state index contributed by atoms with van der Waals surface area (Å²) in [6.07, 6.45) is 5.19. The Morgan fingerprint density at radius 2 is 2.17 bits per heavy atom. The summed E-state index contributed by atoms with van der Waals surface area (Å²) in [5.41, 5.74) is 0. The lowest BCUT2D eigenvalue weighted by molar-refractivity contribution is 0.0269. The van der Waals surface area contributed by atoms with Crippen molar-refractivity contribution in [2.45, 2.75) is 31.3 Å². The van der Waals surface area contributed by atoms with Crippen LogP contribution in [-0.2, 0) is 14.9 Å². The molecule has 128 valence electrons. The number of anilines is 1. The Balaban J connectivity index is 1.84. The van der Waals surface area contributed by atoms with Crippen LogP contribution < -0.4 is 5.32 Å². The number of ether oxygens (including phenoxy) is 1. The molecular formula is C14H23N5O3S. The van der Waals surface area contributed by atoms with Gasteiger partial charge in [0.15, 0.2) is 5.82 Å². The van der Waals surface area contributed by atoms with Gasteiger partial charge in [-0.25, -0.2) is 9.97 Å². The molecular weight excluding hydrogens is 318 g/mol. The maximum Gasteiger partial charge on any atom is 0.282 e. The van der Waals surface area contributed by atoms with Crippen molar-refractivity contribution in [3.05, 3.63) is 18.1 Å². The number of nitrogens with one attached hydrogen (secondary N) is 1. The van der Waals surface area contributed by atoms with E-state index < -0.39 is 16.3 Å². The van der Waals surface area contributed by atoms with E-state index in [1.807, 2.05) is 6.07 Å². The van der Waals surface area contributed by atoms with E-state index >= 15 is 0 Å². The number of hydrogen-bond donors (Lipinski definition) is 1. The van der Waals surface area contributed by atoms with Gasteiger partial charge in [0.25, 0.3) is 10.2 Å². The van der Waals surface area contributed by atoms with Crippen molar-refractivity contribution in [2.24, 2.45) is 0 Å². The van der Waals surface area contributed by atoms with Gasteiger partial charge in [-0.3, -0.25) is 0 Å². The predicted octanol–water partition coefficient (Wildman–Crippen LogP) is 0.621. The molecule has 1 aliphatic heterocycles.